The molecule has 1 amide bonds. The van der Waals surface area contributed by atoms with Crippen LogP contribution in [0.2, 0.25) is 0 Å². The van der Waals surface area contributed by atoms with E-state index < -0.39 is 17.2 Å². The summed E-state index contributed by atoms with van der Waals surface area (Å²) in [5, 5.41) is 6.81. The molecular weight excluding hydrogens is 337 g/mol. The molecule has 2 aromatic carbocycles. The van der Waals surface area contributed by atoms with Gasteiger partial charge in [0.2, 0.25) is 5.43 Å². The number of aryl methyl sites for hydroxylation is 1. The quantitative estimate of drug-likeness (QED) is 0.763. The summed E-state index contributed by atoms with van der Waals surface area (Å²) in [7, 11) is 1.60. The van der Waals surface area contributed by atoms with Crippen molar-refractivity contribution < 1.29 is 13.9 Å². The van der Waals surface area contributed by atoms with Crippen molar-refractivity contribution in [2.45, 2.75) is 13.5 Å². The van der Waals surface area contributed by atoms with Crippen molar-refractivity contribution >= 4 is 16.8 Å². The number of amides is 1. The van der Waals surface area contributed by atoms with E-state index in [-0.39, 0.29) is 17.6 Å². The van der Waals surface area contributed by atoms with Gasteiger partial charge in [-0.05, 0) is 42.8 Å². The molecule has 26 heavy (non-hydrogen) atoms. The fourth-order valence-corrected chi connectivity index (χ4v) is 2.63. The molecule has 6 nitrogen and oxygen atoms in total. The van der Waals surface area contributed by atoms with Crippen LogP contribution in [-0.4, -0.2) is 22.3 Å². The number of carbonyl (C=O) groups is 1. The Morgan fingerprint density at radius 2 is 1.96 bits per heavy atom. The summed E-state index contributed by atoms with van der Waals surface area (Å²) in [6.07, 6.45) is 0. The van der Waals surface area contributed by atoms with E-state index in [1.165, 1.54) is 16.8 Å². The van der Waals surface area contributed by atoms with Crippen LogP contribution in [0, 0.1) is 5.82 Å². The average molecular weight is 355 g/mol. The predicted molar refractivity (Wildman–Crippen MR) is 95.7 cm³/mol. The highest BCUT2D eigenvalue weighted by atomic mass is 19.1. The minimum atomic E-state index is -0.606. The van der Waals surface area contributed by atoms with Crippen LogP contribution in [0.1, 0.15) is 23.0 Å². The standard InChI is InChI=1S/C19H18FN3O3/c1-3-26-14-7-4-12(5-8-14)11-21-19(25)17-18(24)15-10-13(20)6-9-16(15)23(2)22-17/h4-10H,3,11H2,1-2H3,(H,21,25). The van der Waals surface area contributed by atoms with Crippen molar-refractivity contribution in [2.75, 3.05) is 6.61 Å². The number of benzene rings is 2. The van der Waals surface area contributed by atoms with E-state index in [1.807, 2.05) is 19.1 Å². The molecule has 3 aromatic rings. The maximum Gasteiger partial charge on any atom is 0.276 e. The molecule has 1 aromatic heterocycles. The first-order valence-electron chi connectivity index (χ1n) is 8.16. The van der Waals surface area contributed by atoms with Gasteiger partial charge in [0.05, 0.1) is 17.5 Å². The zero-order valence-electron chi connectivity index (χ0n) is 14.5. The van der Waals surface area contributed by atoms with Crippen LogP contribution in [0.4, 0.5) is 4.39 Å². The lowest BCUT2D eigenvalue weighted by Crippen LogP contribution is -2.31. The average Bonchev–Trinajstić information content (AvgIpc) is 2.64. The second-order valence-corrected chi connectivity index (χ2v) is 5.72. The minimum absolute atomic E-state index is 0.119. The number of nitrogens with zero attached hydrogens (tertiary/aromatic N) is 2. The Kier molecular flexibility index (Phi) is 4.97. The molecule has 1 heterocycles. The predicted octanol–water partition coefficient (Wildman–Crippen LogP) is 2.40. The van der Waals surface area contributed by atoms with Gasteiger partial charge in [-0.3, -0.25) is 14.3 Å². The van der Waals surface area contributed by atoms with E-state index in [0.717, 1.165) is 17.4 Å². The van der Waals surface area contributed by atoms with Crippen molar-refractivity contribution in [3.05, 3.63) is 69.8 Å². The molecule has 0 radical (unpaired) electrons. The third-order valence-corrected chi connectivity index (χ3v) is 3.92. The lowest BCUT2D eigenvalue weighted by Gasteiger charge is -2.09. The monoisotopic (exact) mass is 355 g/mol. The van der Waals surface area contributed by atoms with Gasteiger partial charge < -0.3 is 10.1 Å². The molecule has 0 spiro atoms. The van der Waals surface area contributed by atoms with E-state index in [2.05, 4.69) is 10.4 Å². The van der Waals surface area contributed by atoms with Gasteiger partial charge in [0, 0.05) is 13.6 Å². The Labute approximate surface area is 149 Å². The first-order chi connectivity index (χ1) is 12.5. The van der Waals surface area contributed by atoms with Crippen LogP contribution in [0.5, 0.6) is 5.75 Å². The lowest BCUT2D eigenvalue weighted by molar-refractivity contribution is 0.0943. The van der Waals surface area contributed by atoms with Crippen molar-refractivity contribution in [1.82, 2.24) is 15.1 Å². The molecule has 3 rings (SSSR count). The number of ether oxygens (including phenoxy) is 1. The Bertz CT molecular complexity index is 1010. The van der Waals surface area contributed by atoms with Crippen LogP contribution in [0.25, 0.3) is 10.9 Å². The molecule has 0 unspecified atom stereocenters. The molecule has 0 aliphatic carbocycles. The zero-order valence-corrected chi connectivity index (χ0v) is 14.5. The number of nitrogens with one attached hydrogen (secondary N) is 1. The number of aromatic nitrogens is 2. The van der Waals surface area contributed by atoms with Gasteiger partial charge >= 0.3 is 0 Å². The molecule has 134 valence electrons. The van der Waals surface area contributed by atoms with Gasteiger partial charge in [-0.15, -0.1) is 0 Å². The molecular formula is C19H18FN3O3. The summed E-state index contributed by atoms with van der Waals surface area (Å²) in [5.41, 5.74) is 0.447. The smallest absolute Gasteiger partial charge is 0.276 e. The summed E-state index contributed by atoms with van der Waals surface area (Å²) in [6, 6.07) is 11.1. The van der Waals surface area contributed by atoms with Crippen LogP contribution < -0.4 is 15.5 Å². The topological polar surface area (TPSA) is 73.2 Å². The minimum Gasteiger partial charge on any atom is -0.494 e. The SMILES string of the molecule is CCOc1ccc(CNC(=O)c2nn(C)c3ccc(F)cc3c2=O)cc1. The number of fused-ring (bicyclic) bond motifs is 1. The Hall–Kier alpha value is -3.22. The number of halogens is 1. The second kappa shape index (κ2) is 7.35. The van der Waals surface area contributed by atoms with E-state index in [9.17, 15) is 14.0 Å². The summed E-state index contributed by atoms with van der Waals surface area (Å²) >= 11 is 0. The lowest BCUT2D eigenvalue weighted by atomic mass is 10.2. The number of hydrogen-bond donors (Lipinski definition) is 1. The first-order valence-corrected chi connectivity index (χ1v) is 8.16. The molecule has 0 aliphatic heterocycles. The number of carbonyl (C=O) groups excluding carboxylic acids is 1. The van der Waals surface area contributed by atoms with Crippen molar-refractivity contribution in [3.63, 3.8) is 0 Å². The second-order valence-electron chi connectivity index (χ2n) is 5.72. The van der Waals surface area contributed by atoms with E-state index in [1.54, 1.807) is 19.2 Å². The number of rotatable bonds is 5. The Balaban J connectivity index is 1.81. The van der Waals surface area contributed by atoms with E-state index >= 15 is 0 Å². The Morgan fingerprint density at radius 1 is 1.23 bits per heavy atom. The molecule has 7 heteroatoms. The highest BCUT2D eigenvalue weighted by Gasteiger charge is 2.16. The molecule has 0 bridgehead atoms. The highest BCUT2D eigenvalue weighted by molar-refractivity contribution is 5.95. The fraction of sp³-hybridized carbons (Fsp3) is 0.211. The van der Waals surface area contributed by atoms with Crippen LogP contribution in [0.15, 0.2) is 47.3 Å². The van der Waals surface area contributed by atoms with Gasteiger partial charge in [0.15, 0.2) is 5.69 Å². The molecule has 0 saturated carbocycles. The summed E-state index contributed by atoms with van der Waals surface area (Å²) < 4.78 is 20.2. The van der Waals surface area contributed by atoms with E-state index in [0.29, 0.717) is 12.1 Å². The zero-order chi connectivity index (χ0) is 18.7. The maximum atomic E-state index is 13.5. The van der Waals surface area contributed by atoms with Crippen molar-refractivity contribution in [3.8, 4) is 5.75 Å². The third kappa shape index (κ3) is 3.56. The van der Waals surface area contributed by atoms with Crippen LogP contribution >= 0.6 is 0 Å². The largest absolute Gasteiger partial charge is 0.494 e. The molecule has 0 fully saturated rings. The summed E-state index contributed by atoms with van der Waals surface area (Å²) in [4.78, 5) is 24.9. The van der Waals surface area contributed by atoms with Gasteiger partial charge in [-0.1, -0.05) is 12.1 Å². The maximum absolute atomic E-state index is 13.5. The van der Waals surface area contributed by atoms with Crippen molar-refractivity contribution in [2.24, 2.45) is 7.05 Å². The van der Waals surface area contributed by atoms with Gasteiger partial charge in [0.1, 0.15) is 11.6 Å². The van der Waals surface area contributed by atoms with Crippen LogP contribution in [0.3, 0.4) is 0 Å². The van der Waals surface area contributed by atoms with Gasteiger partial charge in [0.25, 0.3) is 5.91 Å². The normalized spacial score (nSPS) is 10.7. The number of hydrogen-bond acceptors (Lipinski definition) is 4. The summed E-state index contributed by atoms with van der Waals surface area (Å²) in [5.74, 6) is -0.401. The van der Waals surface area contributed by atoms with Crippen LogP contribution in [-0.2, 0) is 13.6 Å². The third-order valence-electron chi connectivity index (χ3n) is 3.92. The summed E-state index contributed by atoms with van der Waals surface area (Å²) in [6.45, 7) is 2.71. The molecule has 0 atom stereocenters. The van der Waals surface area contributed by atoms with Crippen molar-refractivity contribution in [1.29, 1.82) is 0 Å². The molecule has 0 saturated heterocycles. The molecule has 1 N–H and O–H groups in total. The fourth-order valence-electron chi connectivity index (χ4n) is 2.63. The van der Waals surface area contributed by atoms with E-state index in [4.69, 9.17) is 4.74 Å². The highest BCUT2D eigenvalue weighted by Crippen LogP contribution is 2.13. The van der Waals surface area contributed by atoms with Gasteiger partial charge in [-0.25, -0.2) is 4.39 Å². The Morgan fingerprint density at radius 3 is 2.65 bits per heavy atom. The first kappa shape index (κ1) is 17.6. The molecule has 0 aliphatic rings. The van der Waals surface area contributed by atoms with Gasteiger partial charge in [-0.2, -0.15) is 5.10 Å².